The molecule has 0 fully saturated rings. The summed E-state index contributed by atoms with van der Waals surface area (Å²) in [7, 11) is 0. The van der Waals surface area contributed by atoms with Crippen LogP contribution in [0.4, 0.5) is 0 Å². The van der Waals surface area contributed by atoms with E-state index >= 15 is 0 Å². The van der Waals surface area contributed by atoms with E-state index in [9.17, 15) is 0 Å². The monoisotopic (exact) mass is 368 g/mol. The van der Waals surface area contributed by atoms with Crippen molar-refractivity contribution in [3.8, 4) is 0 Å². The fourth-order valence-corrected chi connectivity index (χ4v) is 7.24. The Morgan fingerprint density at radius 3 is 1.23 bits per heavy atom. The van der Waals surface area contributed by atoms with E-state index in [2.05, 4.69) is 74.5 Å². The second-order valence-corrected chi connectivity index (χ2v) is 10.6. The molecule has 0 saturated carbocycles. The molecule has 0 aliphatic rings. The molecule has 22 heavy (non-hydrogen) atoms. The number of benzene rings is 3. The molecule has 0 amide bonds. The van der Waals surface area contributed by atoms with Gasteiger partial charge in [0.15, 0.2) is 0 Å². The third-order valence-electron chi connectivity index (χ3n) is 3.67. The van der Waals surface area contributed by atoms with Gasteiger partial charge in [-0.3, -0.25) is 0 Å². The third kappa shape index (κ3) is 3.46. The maximum absolute atomic E-state index is 6.07. The van der Waals surface area contributed by atoms with E-state index in [4.69, 9.17) is 11.6 Å². The van der Waals surface area contributed by atoms with Crippen LogP contribution in [-0.4, -0.2) is 14.7 Å². The second-order valence-electron chi connectivity index (χ2n) is 5.48. The molecule has 3 rings (SSSR count). The normalized spacial score (nSPS) is 10.9. The molecule has 0 saturated heterocycles. The summed E-state index contributed by atoms with van der Waals surface area (Å²) >= 11 is 4.55. The van der Waals surface area contributed by atoms with Crippen LogP contribution in [-0.2, 0) is 0 Å². The predicted octanol–water partition coefficient (Wildman–Crippen LogP) is 3.47. The Balaban J connectivity index is 2.10. The van der Waals surface area contributed by atoms with Crippen molar-refractivity contribution in [2.24, 2.45) is 0 Å². The first-order chi connectivity index (χ1) is 10.6. The summed E-state index contributed by atoms with van der Waals surface area (Å²) in [5.41, 5.74) is 2.61. The van der Waals surface area contributed by atoms with Crippen LogP contribution in [0.2, 0.25) is 5.02 Å². The molecule has 0 atom stereocenters. The van der Waals surface area contributed by atoms with Crippen molar-refractivity contribution < 1.29 is 0 Å². The van der Waals surface area contributed by atoms with E-state index < -0.39 is 14.7 Å². The number of hydrogen-bond acceptors (Lipinski definition) is 0. The predicted molar refractivity (Wildman–Crippen MR) is 98.5 cm³/mol. The molecule has 0 spiro atoms. The molecule has 0 aromatic heterocycles. The SMILES string of the molecule is Cc1ccc([As](c2ccc(C)cc2)c2ccc(Cl)cc2)cc1. The summed E-state index contributed by atoms with van der Waals surface area (Å²) in [5, 5.41) is 0.797. The Kier molecular flexibility index (Phi) is 4.71. The molecule has 0 unspecified atom stereocenters. The molecular weight excluding hydrogens is 351 g/mol. The third-order valence-corrected chi connectivity index (χ3v) is 9.05. The van der Waals surface area contributed by atoms with Crippen molar-refractivity contribution in [2.75, 3.05) is 0 Å². The van der Waals surface area contributed by atoms with Crippen molar-refractivity contribution in [2.45, 2.75) is 13.8 Å². The van der Waals surface area contributed by atoms with E-state index in [1.165, 1.54) is 24.2 Å². The fourth-order valence-electron chi connectivity index (χ4n) is 2.43. The summed E-state index contributed by atoms with van der Waals surface area (Å²) in [6, 6.07) is 26.3. The zero-order valence-electron chi connectivity index (χ0n) is 12.8. The van der Waals surface area contributed by atoms with E-state index in [1.807, 2.05) is 12.1 Å². The summed E-state index contributed by atoms with van der Waals surface area (Å²) in [4.78, 5) is 0. The molecule has 3 aromatic carbocycles. The Bertz CT molecular complexity index is 635. The minimum atomic E-state index is -1.51. The van der Waals surface area contributed by atoms with E-state index in [0.29, 0.717) is 0 Å². The first-order valence-corrected chi connectivity index (χ1v) is 10.5. The van der Waals surface area contributed by atoms with Crippen molar-refractivity contribution in [3.63, 3.8) is 0 Å². The molecule has 0 aliphatic carbocycles. The number of aryl methyl sites for hydroxylation is 2. The molecular formula is C20H18AsCl. The molecule has 2 heteroatoms. The van der Waals surface area contributed by atoms with Gasteiger partial charge in [-0.1, -0.05) is 0 Å². The van der Waals surface area contributed by atoms with Gasteiger partial charge >= 0.3 is 142 Å². The van der Waals surface area contributed by atoms with Crippen molar-refractivity contribution in [3.05, 3.63) is 88.9 Å². The topological polar surface area (TPSA) is 0 Å². The standard InChI is InChI=1S/C20H18AsCl/c1-15-3-7-17(8-4-15)21(18-9-5-16(2)6-10-18)19-11-13-20(22)14-12-19/h3-14H,1-2H3. The van der Waals surface area contributed by atoms with Crippen LogP contribution >= 0.6 is 11.6 Å². The molecule has 0 heterocycles. The summed E-state index contributed by atoms with van der Waals surface area (Å²) in [5.74, 6) is 0. The van der Waals surface area contributed by atoms with Crippen molar-refractivity contribution >= 4 is 39.3 Å². The average molecular weight is 369 g/mol. The van der Waals surface area contributed by atoms with Crippen LogP contribution in [0.3, 0.4) is 0 Å². The van der Waals surface area contributed by atoms with Gasteiger partial charge in [-0.25, -0.2) is 0 Å². The van der Waals surface area contributed by atoms with Gasteiger partial charge < -0.3 is 0 Å². The fraction of sp³-hybridized carbons (Fsp3) is 0.100. The number of rotatable bonds is 3. The van der Waals surface area contributed by atoms with Crippen LogP contribution in [0, 0.1) is 13.8 Å². The number of halogens is 1. The Morgan fingerprint density at radius 1 is 0.545 bits per heavy atom. The van der Waals surface area contributed by atoms with Gasteiger partial charge in [0.1, 0.15) is 0 Å². The van der Waals surface area contributed by atoms with Gasteiger partial charge in [0, 0.05) is 0 Å². The van der Waals surface area contributed by atoms with Gasteiger partial charge in [0.2, 0.25) is 0 Å². The Morgan fingerprint density at radius 2 is 0.864 bits per heavy atom. The first kappa shape index (κ1) is 15.4. The second kappa shape index (κ2) is 6.73. The van der Waals surface area contributed by atoms with Gasteiger partial charge in [0.25, 0.3) is 0 Å². The van der Waals surface area contributed by atoms with E-state index in [-0.39, 0.29) is 0 Å². The zero-order valence-corrected chi connectivity index (χ0v) is 15.4. The molecule has 0 radical (unpaired) electrons. The molecule has 110 valence electrons. The Labute approximate surface area is 142 Å². The first-order valence-electron chi connectivity index (χ1n) is 7.32. The van der Waals surface area contributed by atoms with Gasteiger partial charge in [-0.15, -0.1) is 0 Å². The minimum absolute atomic E-state index is 0.797. The van der Waals surface area contributed by atoms with Crippen LogP contribution in [0.5, 0.6) is 0 Å². The molecule has 0 nitrogen and oxygen atoms in total. The van der Waals surface area contributed by atoms with Gasteiger partial charge in [-0.05, 0) is 0 Å². The Hall–Kier alpha value is -1.49. The van der Waals surface area contributed by atoms with Gasteiger partial charge in [-0.2, -0.15) is 0 Å². The summed E-state index contributed by atoms with van der Waals surface area (Å²) < 4.78 is 4.30. The summed E-state index contributed by atoms with van der Waals surface area (Å²) in [6.45, 7) is 4.27. The maximum atomic E-state index is 6.07. The molecule has 0 bridgehead atoms. The molecule has 0 N–H and O–H groups in total. The average Bonchev–Trinajstić information content (AvgIpc) is 2.53. The van der Waals surface area contributed by atoms with Crippen LogP contribution in [0.25, 0.3) is 0 Å². The van der Waals surface area contributed by atoms with Crippen LogP contribution in [0.15, 0.2) is 72.8 Å². The van der Waals surface area contributed by atoms with Crippen LogP contribution < -0.4 is 13.1 Å². The summed E-state index contributed by atoms with van der Waals surface area (Å²) in [6.07, 6.45) is 0. The van der Waals surface area contributed by atoms with E-state index in [0.717, 1.165) is 5.02 Å². The van der Waals surface area contributed by atoms with Crippen molar-refractivity contribution in [1.29, 1.82) is 0 Å². The zero-order chi connectivity index (χ0) is 15.5. The molecule has 0 aliphatic heterocycles. The van der Waals surface area contributed by atoms with Crippen LogP contribution in [0.1, 0.15) is 11.1 Å². The van der Waals surface area contributed by atoms with E-state index in [1.54, 1.807) is 0 Å². The van der Waals surface area contributed by atoms with Gasteiger partial charge in [0.05, 0.1) is 0 Å². The molecule has 3 aromatic rings. The number of hydrogen-bond donors (Lipinski definition) is 0. The van der Waals surface area contributed by atoms with Crippen molar-refractivity contribution in [1.82, 2.24) is 0 Å². The quantitative estimate of drug-likeness (QED) is 0.621.